The van der Waals surface area contributed by atoms with Crippen molar-refractivity contribution in [3.05, 3.63) is 68.6 Å². The van der Waals surface area contributed by atoms with Crippen molar-refractivity contribution in [1.29, 1.82) is 0 Å². The third kappa shape index (κ3) is 14.8. The summed E-state index contributed by atoms with van der Waals surface area (Å²) in [5.41, 5.74) is 5.85. The summed E-state index contributed by atoms with van der Waals surface area (Å²) in [4.78, 5) is 140. The number of aliphatic carboxylic acids is 3. The van der Waals surface area contributed by atoms with Crippen LogP contribution in [0.2, 0.25) is 0 Å². The van der Waals surface area contributed by atoms with Gasteiger partial charge >= 0.3 is 97.0 Å². The van der Waals surface area contributed by atoms with Crippen molar-refractivity contribution in [2.24, 2.45) is 33.8 Å². The molecular weight excluding hydrogens is 1300 g/mol. The molecule has 89 heavy (non-hydrogen) atoms. The largest absolute Gasteiger partial charge is 1.00 e. The number of carbonyl (C=O) groups excluding carboxylic acids is 9. The number of carboxylic acids is 3. The molecule has 3 aromatic rings. The van der Waals surface area contributed by atoms with Crippen LogP contribution in [0.25, 0.3) is 0 Å². The molecular formula is C50H51BN8Na2O23S5. The van der Waals surface area contributed by atoms with Crippen molar-refractivity contribution in [2.45, 2.75) is 117 Å². The zero-order valence-corrected chi connectivity index (χ0v) is 56.1. The average Bonchev–Trinajstić information content (AvgIpc) is 0.942. The van der Waals surface area contributed by atoms with Crippen molar-refractivity contribution in [2.75, 3.05) is 23.8 Å². The number of aryl methyl sites for hydroxylation is 2. The molecule has 2 saturated carbocycles. The van der Waals surface area contributed by atoms with Crippen LogP contribution in [0.4, 0.5) is 5.13 Å². The molecule has 0 unspecified atom stereocenters. The number of nitrogens with zero attached hydrogens (tertiary/aromatic N) is 6. The smallest absolute Gasteiger partial charge is 0.546 e. The minimum absolute atomic E-state index is 0. The number of thiazole rings is 2. The molecule has 2 aromatic heterocycles. The molecule has 464 valence electrons. The third-order valence-corrected chi connectivity index (χ3v) is 20.1. The molecule has 6 N–H and O–H groups in total. The van der Waals surface area contributed by atoms with Gasteiger partial charge in [-0.25, -0.2) is 24.4 Å². The molecule has 31 nitrogen and oxygen atoms in total. The van der Waals surface area contributed by atoms with Crippen molar-refractivity contribution < 1.29 is 168 Å². The third-order valence-electron chi connectivity index (χ3n) is 14.5. The number of Topliss-reactive ketones (excluding diaryl/α,β-unsaturated/α-hetero) is 1. The maximum absolute atomic E-state index is 13.1. The molecule has 1 aromatic carbocycles. The predicted molar refractivity (Wildman–Crippen MR) is 295 cm³/mol. The van der Waals surface area contributed by atoms with E-state index in [1.165, 1.54) is 45.5 Å². The molecule has 8 aliphatic rings. The predicted octanol–water partition coefficient (Wildman–Crippen LogP) is -8.09. The first-order valence-electron chi connectivity index (χ1n) is 25.8. The number of esters is 3. The van der Waals surface area contributed by atoms with E-state index in [1.54, 1.807) is 30.5 Å². The number of hydrogen-bond acceptors (Lipinski definition) is 30. The number of β-lactam (4-membered cyclic amide) rings is 2. The van der Waals surface area contributed by atoms with Crippen LogP contribution in [0.1, 0.15) is 80.8 Å². The number of rotatable bonds is 17. The summed E-state index contributed by atoms with van der Waals surface area (Å²) in [7, 11) is -1.04. The number of carbonyl (C=O) groups is 10. The minimum Gasteiger partial charge on any atom is -0.546 e. The number of ketones is 1. The number of fused-ring (bicyclic) bond motifs is 6. The van der Waals surface area contributed by atoms with Crippen molar-refractivity contribution in [3.8, 4) is 0 Å². The van der Waals surface area contributed by atoms with Gasteiger partial charge in [0.05, 0.1) is 34.6 Å². The minimum atomic E-state index is -4.02. The van der Waals surface area contributed by atoms with Gasteiger partial charge in [0.25, 0.3) is 15.8 Å². The zero-order valence-electron chi connectivity index (χ0n) is 48.0. The molecule has 8 heterocycles. The van der Waals surface area contributed by atoms with Crippen LogP contribution in [0.15, 0.2) is 61.9 Å². The number of hydrogen-bond donors (Lipinski definition) is 4. The summed E-state index contributed by atoms with van der Waals surface area (Å²) in [6, 6.07) is 5.33. The van der Waals surface area contributed by atoms with E-state index in [9.17, 15) is 70.8 Å². The van der Waals surface area contributed by atoms with Gasteiger partial charge < -0.3 is 64.9 Å². The summed E-state index contributed by atoms with van der Waals surface area (Å²) < 4.78 is 62.1. The second kappa shape index (κ2) is 28.4. The van der Waals surface area contributed by atoms with Crippen LogP contribution < -0.4 is 80.8 Å². The number of carboxylic acid groups (broad SMARTS) is 3. The Hall–Kier alpha value is -5.71. The number of benzene rings is 1. The van der Waals surface area contributed by atoms with E-state index in [-0.39, 0.29) is 136 Å². The van der Waals surface area contributed by atoms with E-state index < -0.39 is 138 Å². The van der Waals surface area contributed by atoms with Gasteiger partial charge in [0, 0.05) is 64.2 Å². The van der Waals surface area contributed by atoms with Crippen LogP contribution in [0.5, 0.6) is 0 Å². The molecule has 39 heteroatoms. The Kier molecular flexibility index (Phi) is 23.1. The number of anilines is 1. The van der Waals surface area contributed by atoms with Gasteiger partial charge in [0.15, 0.2) is 22.2 Å². The van der Waals surface area contributed by atoms with Gasteiger partial charge in [-0.05, 0) is 58.7 Å². The molecule has 2 radical (unpaired) electrons. The molecule has 11 rings (SSSR count). The van der Waals surface area contributed by atoms with Gasteiger partial charge in [0.2, 0.25) is 28.9 Å². The summed E-state index contributed by atoms with van der Waals surface area (Å²) >= 11 is 3.74. The Balaban J connectivity index is 0.000000202. The second-order valence-electron chi connectivity index (χ2n) is 20.8. The molecule has 8 fully saturated rings. The number of nitrogens with two attached hydrogens (primary N) is 2. The molecule has 6 aliphatic heterocycles. The Labute approximate surface area is 565 Å². The van der Waals surface area contributed by atoms with E-state index in [1.807, 2.05) is 20.8 Å². The summed E-state index contributed by atoms with van der Waals surface area (Å²) in [6.07, 6.45) is 1.98. The zero-order chi connectivity index (χ0) is 63.9. The Bertz CT molecular complexity index is 3600. The van der Waals surface area contributed by atoms with E-state index in [0.29, 0.717) is 23.6 Å². The second-order valence-corrected chi connectivity index (χ2v) is 26.9. The number of oxime groups is 2. The summed E-state index contributed by atoms with van der Waals surface area (Å²) in [5.74, 6) is -11.8. The van der Waals surface area contributed by atoms with Crippen LogP contribution in [-0.4, -0.2) is 178 Å². The van der Waals surface area contributed by atoms with Gasteiger partial charge in [-0.3, -0.25) is 42.5 Å². The first kappa shape index (κ1) is 72.4. The Morgan fingerprint density at radius 3 is 1.93 bits per heavy atom. The first-order valence-corrected chi connectivity index (χ1v) is 31.4. The van der Waals surface area contributed by atoms with Crippen molar-refractivity contribution in [3.63, 3.8) is 0 Å². The van der Waals surface area contributed by atoms with Crippen LogP contribution in [0.3, 0.4) is 0 Å². The molecule has 0 spiro atoms. The number of ether oxygens (including phenoxy) is 3. The Morgan fingerprint density at radius 1 is 0.843 bits per heavy atom. The molecule has 9 atom stereocenters. The van der Waals surface area contributed by atoms with Crippen LogP contribution in [0, 0.1) is 31.6 Å². The SMILES string of the molecule is CC(C)=CCOC(=O)[C@]12OC(=O)C[C@H]1CS[C@@H]1[C@H](N)C(=O)N12.Cc1ccc(S(=O)(=O)O)cc1.Nc1nc(/C(=N/OC2(C(=O)[O-])CC2)C(=O)C[C@@H]2C(=O)N3[C@@H]2[S@@](=O)C[C@@H]2CC(=O)O[C@@]23C(=O)[O-])cs1.[B]OC(=O)C1(O/N=C(\C(=O)O)c2csc(C)n2)CC1.[Na+].[Na+]. The Morgan fingerprint density at radius 2 is 1.42 bits per heavy atom. The normalized spacial score (nSPS) is 26.7. The average molecular weight is 1350 g/mol. The maximum Gasteiger partial charge on any atom is 1.00 e. The fourth-order valence-corrected chi connectivity index (χ4v) is 14.7. The number of allylic oxidation sites excluding steroid dienone is 1. The van der Waals surface area contributed by atoms with Crippen LogP contribution >= 0.6 is 34.4 Å². The van der Waals surface area contributed by atoms with Gasteiger partial charge in [-0.15, -0.1) is 34.4 Å². The number of amides is 2. The van der Waals surface area contributed by atoms with Gasteiger partial charge in [-0.1, -0.05) is 33.6 Å². The van der Waals surface area contributed by atoms with E-state index >= 15 is 0 Å². The monoisotopic (exact) mass is 1350 g/mol. The molecule has 0 bridgehead atoms. The first-order chi connectivity index (χ1) is 40.9. The number of nitrogen functional groups attached to an aromatic ring is 1. The fourth-order valence-electron chi connectivity index (χ4n) is 9.58. The van der Waals surface area contributed by atoms with Crippen LogP contribution in [-0.2, 0) is 97.4 Å². The van der Waals surface area contributed by atoms with E-state index in [4.69, 9.17) is 53.1 Å². The summed E-state index contributed by atoms with van der Waals surface area (Å²) in [6.45, 7) is 7.43. The van der Waals surface area contributed by atoms with E-state index in [0.717, 1.165) is 27.4 Å². The molecule has 6 saturated heterocycles. The summed E-state index contributed by atoms with van der Waals surface area (Å²) in [5, 5.41) is 41.7. The maximum atomic E-state index is 13.1. The number of aromatic nitrogens is 2. The van der Waals surface area contributed by atoms with Crippen molar-refractivity contribution >= 4 is 139 Å². The fraction of sp³-hybridized carbons (Fsp3) is 0.480. The van der Waals surface area contributed by atoms with Crippen molar-refractivity contribution in [1.82, 2.24) is 19.8 Å². The van der Waals surface area contributed by atoms with E-state index in [2.05, 4.69) is 24.9 Å². The molecule has 2 amide bonds. The number of thioether (sulfide) groups is 1. The molecule has 2 aliphatic carbocycles. The standard InChI is InChI=1S/C19H18N4O10S2.C14H18N2O5S.C10H9BN2O5S.C7H8O3S.2Na/c20-17-21-9(5-34-17)12(22-33-18(1-2-18)15(27)28)10(24)4-8-13(26)23-14(8)35(31)6-7-3-11(25)32-19(7,23)16(29)30;1-7(2)3-4-20-13(19)14-8(5-9(17)21-14)6-22-12-10(15)11(18)16(12)14;1-5-12-6(4-19-5)7(8(14)15)13-18-10(2-3-10)9(16)17-11;1-6-2-4-7(5-3-6)11(8,9)10;;/h5,7-8,14H,1-4,6H2,(H2,20,21)(H,27,28)(H,29,30);3,8,10,12H,4-6,15H2,1-2H3;4H,2-3H2,1H3,(H,14,15);2-5H,1H3,(H,8,9,10);;/q;;;;2*+1/p-2/b22-12-;;13-7-;;;/t7-,8+,14+,19+,35-;8-,10+,12+,14+;;;;/m00..../s1. The van der Waals surface area contributed by atoms with Gasteiger partial charge in [-0.2, -0.15) is 8.42 Å². The van der Waals surface area contributed by atoms with Gasteiger partial charge in [0.1, 0.15) is 40.8 Å². The topological polar surface area (TPSA) is 473 Å². The quantitative estimate of drug-likeness (QED) is 0.0142.